The van der Waals surface area contributed by atoms with Crippen molar-refractivity contribution in [1.29, 1.82) is 0 Å². The lowest BCUT2D eigenvalue weighted by atomic mass is 10.1. The summed E-state index contributed by atoms with van der Waals surface area (Å²) in [6.45, 7) is 0. The molecule has 0 aliphatic rings. The first-order valence-corrected chi connectivity index (χ1v) is 5.02. The van der Waals surface area contributed by atoms with Gasteiger partial charge in [-0.3, -0.25) is 11.3 Å². The Hall–Kier alpha value is -1.00. The van der Waals surface area contributed by atoms with Gasteiger partial charge in [-0.05, 0) is 24.8 Å². The number of nitrogens with one attached hydrogen (secondary N) is 1. The third kappa shape index (κ3) is 4.36. The van der Waals surface area contributed by atoms with Crippen molar-refractivity contribution >= 4 is 0 Å². The van der Waals surface area contributed by atoms with Crippen molar-refractivity contribution in [2.24, 2.45) is 5.84 Å². The van der Waals surface area contributed by atoms with Gasteiger partial charge in [0.2, 0.25) is 0 Å². The van der Waals surface area contributed by atoms with Gasteiger partial charge in [0, 0.05) is 0 Å². The van der Waals surface area contributed by atoms with Crippen molar-refractivity contribution in [2.45, 2.75) is 31.7 Å². The quantitative estimate of drug-likeness (QED) is 0.562. The van der Waals surface area contributed by atoms with Crippen LogP contribution in [0.4, 0.5) is 8.78 Å². The Bertz CT molecular complexity index is 265. The van der Waals surface area contributed by atoms with Crippen LogP contribution in [0, 0.1) is 0 Å². The number of hydrogen-bond donors (Lipinski definition) is 2. The van der Waals surface area contributed by atoms with E-state index in [1.807, 2.05) is 30.3 Å². The predicted molar refractivity (Wildman–Crippen MR) is 56.5 cm³/mol. The third-order valence-electron chi connectivity index (χ3n) is 2.34. The van der Waals surface area contributed by atoms with Crippen LogP contribution in [-0.4, -0.2) is 12.5 Å². The minimum atomic E-state index is -2.40. The first-order valence-electron chi connectivity index (χ1n) is 5.02. The van der Waals surface area contributed by atoms with Gasteiger partial charge in [0.1, 0.15) is 0 Å². The van der Waals surface area contributed by atoms with Crippen LogP contribution in [0.15, 0.2) is 30.3 Å². The minimum absolute atomic E-state index is 0.392. The van der Waals surface area contributed by atoms with E-state index in [9.17, 15) is 8.78 Å². The number of hydrazine groups is 1. The molecule has 0 fully saturated rings. The molecule has 0 aliphatic carbocycles. The lowest BCUT2D eigenvalue weighted by Crippen LogP contribution is -2.40. The van der Waals surface area contributed by atoms with Crippen LogP contribution < -0.4 is 11.3 Å². The second-order valence-electron chi connectivity index (χ2n) is 3.49. The molecule has 0 aromatic heterocycles. The Kier molecular flexibility index (Phi) is 5.21. The molecule has 1 atom stereocenters. The zero-order valence-electron chi connectivity index (χ0n) is 8.50. The molecule has 0 aliphatic heterocycles. The molecule has 0 saturated heterocycles. The van der Waals surface area contributed by atoms with Gasteiger partial charge in [0.15, 0.2) is 0 Å². The van der Waals surface area contributed by atoms with Gasteiger partial charge in [0.25, 0.3) is 6.43 Å². The Balaban J connectivity index is 2.27. The summed E-state index contributed by atoms with van der Waals surface area (Å²) in [6.07, 6.45) is -0.483. The molecule has 1 aromatic rings. The average Bonchev–Trinajstić information content (AvgIpc) is 2.25. The van der Waals surface area contributed by atoms with Crippen LogP contribution >= 0.6 is 0 Å². The van der Waals surface area contributed by atoms with Gasteiger partial charge < -0.3 is 0 Å². The van der Waals surface area contributed by atoms with Gasteiger partial charge >= 0.3 is 0 Å². The lowest BCUT2D eigenvalue weighted by molar-refractivity contribution is 0.0933. The molecule has 3 N–H and O–H groups in total. The summed E-state index contributed by atoms with van der Waals surface area (Å²) in [6, 6.07) is 8.92. The first-order chi connectivity index (χ1) is 7.24. The van der Waals surface area contributed by atoms with Crippen molar-refractivity contribution in [1.82, 2.24) is 5.43 Å². The highest BCUT2D eigenvalue weighted by atomic mass is 19.3. The minimum Gasteiger partial charge on any atom is -0.271 e. The lowest BCUT2D eigenvalue weighted by Gasteiger charge is -2.14. The second-order valence-corrected chi connectivity index (χ2v) is 3.49. The Morgan fingerprint density at radius 3 is 2.40 bits per heavy atom. The van der Waals surface area contributed by atoms with Crippen LogP contribution in [0.5, 0.6) is 0 Å². The highest BCUT2D eigenvalue weighted by Gasteiger charge is 2.17. The van der Waals surface area contributed by atoms with E-state index in [2.05, 4.69) is 5.43 Å². The maximum atomic E-state index is 12.3. The maximum Gasteiger partial charge on any atom is 0.255 e. The topological polar surface area (TPSA) is 38.0 Å². The standard InChI is InChI=1S/C11H16F2N2/c12-11(13)10(15-14)8-4-7-9-5-2-1-3-6-9/h1-3,5-6,10-11,15H,4,7-8,14H2. The molecule has 0 saturated carbocycles. The molecule has 84 valence electrons. The van der Waals surface area contributed by atoms with Gasteiger partial charge in [-0.25, -0.2) is 8.78 Å². The number of hydrogen-bond acceptors (Lipinski definition) is 2. The largest absolute Gasteiger partial charge is 0.271 e. The highest BCUT2D eigenvalue weighted by molar-refractivity contribution is 5.14. The zero-order valence-corrected chi connectivity index (χ0v) is 8.50. The zero-order chi connectivity index (χ0) is 11.1. The van der Waals surface area contributed by atoms with Crippen LogP contribution in [0.25, 0.3) is 0 Å². The molecule has 15 heavy (non-hydrogen) atoms. The number of halogens is 2. The summed E-state index contributed by atoms with van der Waals surface area (Å²) in [7, 11) is 0. The molecule has 0 bridgehead atoms. The number of aryl methyl sites for hydroxylation is 1. The Morgan fingerprint density at radius 2 is 1.87 bits per heavy atom. The van der Waals surface area contributed by atoms with Gasteiger partial charge in [-0.1, -0.05) is 30.3 Å². The van der Waals surface area contributed by atoms with Crippen molar-refractivity contribution in [3.63, 3.8) is 0 Å². The van der Waals surface area contributed by atoms with Crippen LogP contribution in [0.3, 0.4) is 0 Å². The Labute approximate surface area is 88.4 Å². The number of alkyl halides is 2. The maximum absolute atomic E-state index is 12.3. The monoisotopic (exact) mass is 214 g/mol. The number of rotatable bonds is 6. The summed E-state index contributed by atoms with van der Waals surface area (Å²) in [5.74, 6) is 5.02. The summed E-state index contributed by atoms with van der Waals surface area (Å²) in [5.41, 5.74) is 3.31. The second kappa shape index (κ2) is 6.48. The van der Waals surface area contributed by atoms with Crippen molar-refractivity contribution in [2.75, 3.05) is 0 Å². The fourth-order valence-corrected chi connectivity index (χ4v) is 1.45. The molecule has 0 heterocycles. The van der Waals surface area contributed by atoms with E-state index < -0.39 is 12.5 Å². The average molecular weight is 214 g/mol. The SMILES string of the molecule is NNC(CCCc1ccccc1)C(F)F. The fourth-order valence-electron chi connectivity index (χ4n) is 1.45. The molecule has 1 aromatic carbocycles. The Morgan fingerprint density at radius 1 is 1.20 bits per heavy atom. The van der Waals surface area contributed by atoms with E-state index in [0.29, 0.717) is 12.8 Å². The number of benzene rings is 1. The molecule has 0 spiro atoms. The first kappa shape index (κ1) is 12.1. The van der Waals surface area contributed by atoms with Crippen LogP contribution in [0.2, 0.25) is 0 Å². The highest BCUT2D eigenvalue weighted by Crippen LogP contribution is 2.10. The van der Waals surface area contributed by atoms with E-state index in [4.69, 9.17) is 5.84 Å². The molecule has 0 amide bonds. The molecule has 1 unspecified atom stereocenters. The van der Waals surface area contributed by atoms with Gasteiger partial charge in [0.05, 0.1) is 6.04 Å². The third-order valence-corrected chi connectivity index (χ3v) is 2.34. The van der Waals surface area contributed by atoms with E-state index in [-0.39, 0.29) is 0 Å². The summed E-state index contributed by atoms with van der Waals surface area (Å²) in [5, 5.41) is 0. The van der Waals surface area contributed by atoms with E-state index >= 15 is 0 Å². The fraction of sp³-hybridized carbons (Fsp3) is 0.455. The van der Waals surface area contributed by atoms with E-state index in [0.717, 1.165) is 6.42 Å². The van der Waals surface area contributed by atoms with Crippen molar-refractivity contribution < 1.29 is 8.78 Å². The molecular formula is C11H16F2N2. The van der Waals surface area contributed by atoms with Crippen LogP contribution in [0.1, 0.15) is 18.4 Å². The predicted octanol–water partition coefficient (Wildman–Crippen LogP) is 2.11. The number of nitrogens with two attached hydrogens (primary N) is 1. The van der Waals surface area contributed by atoms with Crippen molar-refractivity contribution in [3.05, 3.63) is 35.9 Å². The smallest absolute Gasteiger partial charge is 0.255 e. The van der Waals surface area contributed by atoms with Crippen molar-refractivity contribution in [3.8, 4) is 0 Å². The van der Waals surface area contributed by atoms with E-state index in [1.54, 1.807) is 0 Å². The molecule has 0 radical (unpaired) electrons. The molecule has 1 rings (SSSR count). The molecular weight excluding hydrogens is 198 g/mol. The van der Waals surface area contributed by atoms with Crippen LogP contribution in [-0.2, 0) is 6.42 Å². The molecule has 2 nitrogen and oxygen atoms in total. The summed E-state index contributed by atoms with van der Waals surface area (Å²) in [4.78, 5) is 0. The summed E-state index contributed by atoms with van der Waals surface area (Å²) >= 11 is 0. The van der Waals surface area contributed by atoms with Gasteiger partial charge in [-0.2, -0.15) is 0 Å². The normalized spacial score (nSPS) is 13.1. The van der Waals surface area contributed by atoms with Gasteiger partial charge in [-0.15, -0.1) is 0 Å². The molecule has 4 heteroatoms. The van der Waals surface area contributed by atoms with E-state index in [1.165, 1.54) is 5.56 Å². The summed E-state index contributed by atoms with van der Waals surface area (Å²) < 4.78 is 24.6.